The molecule has 1 aliphatic heterocycles. The molecule has 1 N–H and O–H groups in total. The van der Waals surface area contributed by atoms with Crippen molar-refractivity contribution in [2.24, 2.45) is 11.8 Å². The molecule has 0 bridgehead atoms. The second-order valence-corrected chi connectivity index (χ2v) is 7.26. The maximum atomic E-state index is 12.3. The highest BCUT2D eigenvalue weighted by Crippen LogP contribution is 2.40. The maximum absolute atomic E-state index is 12.3. The van der Waals surface area contributed by atoms with Crippen LogP contribution in [0, 0.1) is 11.8 Å². The van der Waals surface area contributed by atoms with Crippen LogP contribution in [0.15, 0.2) is 12.1 Å². The molecule has 0 spiro atoms. The number of nitrogens with one attached hydrogen (secondary N) is 1. The van der Waals surface area contributed by atoms with Gasteiger partial charge in [-0.3, -0.25) is 9.59 Å². The summed E-state index contributed by atoms with van der Waals surface area (Å²) in [4.78, 5) is 26.4. The average molecular weight is 406 g/mol. The smallest absolute Gasteiger partial charge is 0.309 e. The fourth-order valence-electron chi connectivity index (χ4n) is 3.32. The molecule has 1 saturated carbocycles. The van der Waals surface area contributed by atoms with Crippen LogP contribution in [0.1, 0.15) is 27.2 Å². The SMILES string of the molecule is CCOc1cc(N2CCOCC2)c(OCC)cc1NC(=O)COC(=O)[C@H]1C[C@H]1C. The molecule has 2 atom stereocenters. The normalized spacial score (nSPS) is 20.7. The van der Waals surface area contributed by atoms with E-state index in [4.69, 9.17) is 18.9 Å². The Morgan fingerprint density at radius 1 is 1.14 bits per heavy atom. The second kappa shape index (κ2) is 9.82. The quantitative estimate of drug-likeness (QED) is 0.631. The Balaban J connectivity index is 1.74. The average Bonchev–Trinajstić information content (AvgIpc) is 3.45. The van der Waals surface area contributed by atoms with E-state index in [9.17, 15) is 9.59 Å². The molecule has 1 aromatic rings. The Labute approximate surface area is 171 Å². The van der Waals surface area contributed by atoms with Crippen LogP contribution in [-0.4, -0.2) is 58.0 Å². The minimum atomic E-state index is -0.408. The van der Waals surface area contributed by atoms with Gasteiger partial charge >= 0.3 is 5.97 Å². The summed E-state index contributed by atoms with van der Waals surface area (Å²) in [5, 5.41) is 2.79. The summed E-state index contributed by atoms with van der Waals surface area (Å²) in [6.45, 7) is 9.24. The summed E-state index contributed by atoms with van der Waals surface area (Å²) in [6.07, 6.45) is 0.829. The van der Waals surface area contributed by atoms with E-state index in [1.165, 1.54) is 0 Å². The Bertz CT molecular complexity index is 732. The summed E-state index contributed by atoms with van der Waals surface area (Å²) in [6, 6.07) is 3.65. The predicted octanol–water partition coefficient (Wildman–Crippen LogP) is 2.46. The van der Waals surface area contributed by atoms with E-state index in [1.807, 2.05) is 26.8 Å². The fourth-order valence-corrected chi connectivity index (χ4v) is 3.32. The summed E-state index contributed by atoms with van der Waals surface area (Å²) in [7, 11) is 0. The summed E-state index contributed by atoms with van der Waals surface area (Å²) < 4.78 is 22.1. The molecule has 8 heteroatoms. The number of anilines is 2. The first-order valence-electron chi connectivity index (χ1n) is 10.3. The lowest BCUT2D eigenvalue weighted by atomic mass is 10.2. The number of hydrogen-bond donors (Lipinski definition) is 1. The molecule has 1 saturated heterocycles. The zero-order chi connectivity index (χ0) is 20.8. The van der Waals surface area contributed by atoms with E-state index >= 15 is 0 Å². The van der Waals surface area contributed by atoms with Crippen molar-refractivity contribution < 1.29 is 28.5 Å². The van der Waals surface area contributed by atoms with E-state index in [-0.39, 0.29) is 18.5 Å². The van der Waals surface area contributed by atoms with Gasteiger partial charge < -0.3 is 29.2 Å². The molecule has 2 aliphatic rings. The molecule has 0 aromatic heterocycles. The van der Waals surface area contributed by atoms with Crippen molar-refractivity contribution in [3.8, 4) is 11.5 Å². The lowest BCUT2D eigenvalue weighted by Crippen LogP contribution is -2.36. The van der Waals surface area contributed by atoms with Crippen molar-refractivity contribution in [1.29, 1.82) is 0 Å². The highest BCUT2D eigenvalue weighted by Gasteiger charge is 2.40. The first-order chi connectivity index (χ1) is 14.0. The summed E-state index contributed by atoms with van der Waals surface area (Å²) in [5.41, 5.74) is 1.40. The molecule has 2 fully saturated rings. The second-order valence-electron chi connectivity index (χ2n) is 7.26. The van der Waals surface area contributed by atoms with Crippen LogP contribution in [0.3, 0.4) is 0 Å². The number of nitrogens with zero attached hydrogens (tertiary/aromatic N) is 1. The van der Waals surface area contributed by atoms with Crippen LogP contribution in [0.2, 0.25) is 0 Å². The molecule has 3 rings (SSSR count). The van der Waals surface area contributed by atoms with E-state index in [1.54, 1.807) is 6.07 Å². The van der Waals surface area contributed by atoms with Crippen LogP contribution in [0.4, 0.5) is 11.4 Å². The Hall–Kier alpha value is -2.48. The van der Waals surface area contributed by atoms with Gasteiger partial charge in [-0.1, -0.05) is 6.92 Å². The number of esters is 1. The zero-order valence-electron chi connectivity index (χ0n) is 17.4. The number of rotatable bonds is 9. The topological polar surface area (TPSA) is 86.3 Å². The molecular formula is C21H30N2O6. The first-order valence-corrected chi connectivity index (χ1v) is 10.3. The molecule has 160 valence electrons. The lowest BCUT2D eigenvalue weighted by Gasteiger charge is -2.31. The molecule has 8 nitrogen and oxygen atoms in total. The van der Waals surface area contributed by atoms with E-state index in [2.05, 4.69) is 10.2 Å². The summed E-state index contributed by atoms with van der Waals surface area (Å²) >= 11 is 0. The Morgan fingerprint density at radius 3 is 2.41 bits per heavy atom. The molecule has 1 aromatic carbocycles. The highest BCUT2D eigenvalue weighted by atomic mass is 16.5. The standard InChI is InChI=1S/C21H30N2O6/c1-4-27-18-12-17(23-6-8-26-9-7-23)19(28-5-2)11-16(18)22-20(24)13-29-21(25)15-10-14(15)3/h11-12,14-15H,4-10,13H2,1-3H3,(H,22,24)/t14-,15+/m1/s1. The Morgan fingerprint density at radius 2 is 1.79 bits per heavy atom. The van der Waals surface area contributed by atoms with Gasteiger partial charge in [0.2, 0.25) is 0 Å². The minimum Gasteiger partial charge on any atom is -0.492 e. The molecule has 1 aliphatic carbocycles. The number of amides is 1. The van der Waals surface area contributed by atoms with Crippen molar-refractivity contribution in [2.75, 3.05) is 56.3 Å². The van der Waals surface area contributed by atoms with E-state index < -0.39 is 5.91 Å². The molecule has 29 heavy (non-hydrogen) atoms. The molecule has 1 heterocycles. The number of ether oxygens (including phenoxy) is 4. The van der Waals surface area contributed by atoms with Crippen molar-refractivity contribution in [3.05, 3.63) is 12.1 Å². The molecule has 0 unspecified atom stereocenters. The van der Waals surface area contributed by atoms with Gasteiger partial charge in [0.05, 0.1) is 43.7 Å². The van der Waals surface area contributed by atoms with Crippen molar-refractivity contribution in [3.63, 3.8) is 0 Å². The van der Waals surface area contributed by atoms with Crippen LogP contribution >= 0.6 is 0 Å². The monoisotopic (exact) mass is 406 g/mol. The van der Waals surface area contributed by atoms with Gasteiger partial charge in [0.25, 0.3) is 5.91 Å². The lowest BCUT2D eigenvalue weighted by molar-refractivity contribution is -0.148. The van der Waals surface area contributed by atoms with E-state index in [0.717, 1.165) is 25.2 Å². The van der Waals surface area contributed by atoms with Gasteiger partial charge in [0.1, 0.15) is 11.5 Å². The highest BCUT2D eigenvalue weighted by molar-refractivity contribution is 5.95. The largest absolute Gasteiger partial charge is 0.492 e. The first kappa shape index (κ1) is 21.2. The van der Waals surface area contributed by atoms with Gasteiger partial charge in [-0.15, -0.1) is 0 Å². The van der Waals surface area contributed by atoms with Crippen LogP contribution in [0.25, 0.3) is 0 Å². The third kappa shape index (κ3) is 5.53. The van der Waals surface area contributed by atoms with Gasteiger partial charge in [0, 0.05) is 25.2 Å². The number of benzene rings is 1. The Kier molecular flexibility index (Phi) is 7.19. The molecular weight excluding hydrogens is 376 g/mol. The third-order valence-electron chi connectivity index (χ3n) is 5.04. The van der Waals surface area contributed by atoms with Crippen LogP contribution in [-0.2, 0) is 19.1 Å². The zero-order valence-corrected chi connectivity index (χ0v) is 17.4. The van der Waals surface area contributed by atoms with Gasteiger partial charge in [-0.2, -0.15) is 0 Å². The fraction of sp³-hybridized carbons (Fsp3) is 0.619. The number of carbonyl (C=O) groups is 2. The van der Waals surface area contributed by atoms with Crippen LogP contribution < -0.4 is 19.7 Å². The number of morpholine rings is 1. The number of hydrogen-bond acceptors (Lipinski definition) is 7. The predicted molar refractivity (Wildman–Crippen MR) is 109 cm³/mol. The van der Waals surface area contributed by atoms with Gasteiger partial charge in [0.15, 0.2) is 6.61 Å². The third-order valence-corrected chi connectivity index (χ3v) is 5.04. The van der Waals surface area contributed by atoms with Crippen LogP contribution in [0.5, 0.6) is 11.5 Å². The molecule has 0 radical (unpaired) electrons. The molecule has 1 amide bonds. The van der Waals surface area contributed by atoms with Gasteiger partial charge in [-0.25, -0.2) is 0 Å². The summed E-state index contributed by atoms with van der Waals surface area (Å²) in [5.74, 6) is 0.769. The van der Waals surface area contributed by atoms with Crippen molar-refractivity contribution in [1.82, 2.24) is 0 Å². The van der Waals surface area contributed by atoms with Crippen molar-refractivity contribution >= 4 is 23.3 Å². The van der Waals surface area contributed by atoms with Gasteiger partial charge in [-0.05, 0) is 26.2 Å². The van der Waals surface area contributed by atoms with E-state index in [0.29, 0.717) is 49.5 Å². The maximum Gasteiger partial charge on any atom is 0.309 e. The minimum absolute atomic E-state index is 0.0702. The number of carbonyl (C=O) groups excluding carboxylic acids is 2. The van der Waals surface area contributed by atoms with Crippen molar-refractivity contribution in [2.45, 2.75) is 27.2 Å².